The molecule has 1 N–H and O–H groups in total. The molecule has 0 saturated carbocycles. The molecular formula is C29H34N2O3. The van der Waals surface area contributed by atoms with Gasteiger partial charge in [0.1, 0.15) is 12.3 Å². The van der Waals surface area contributed by atoms with Crippen LogP contribution >= 0.6 is 0 Å². The molecule has 178 valence electrons. The fourth-order valence-electron chi connectivity index (χ4n) is 4.77. The molecule has 0 bridgehead atoms. The number of ether oxygens (including phenoxy) is 1. The maximum Gasteiger partial charge on any atom is 0.251 e. The number of benzene rings is 2. The molecular weight excluding hydrogens is 424 g/mol. The van der Waals surface area contributed by atoms with E-state index in [4.69, 9.17) is 4.74 Å². The zero-order valence-corrected chi connectivity index (χ0v) is 20.4. The van der Waals surface area contributed by atoms with Crippen LogP contribution in [0.3, 0.4) is 0 Å². The molecule has 0 radical (unpaired) electrons. The molecule has 1 aliphatic rings. The summed E-state index contributed by atoms with van der Waals surface area (Å²) >= 11 is 0. The average Bonchev–Trinajstić information content (AvgIpc) is 2.84. The highest BCUT2D eigenvalue weighted by molar-refractivity contribution is 5.63. The monoisotopic (exact) mass is 458 g/mol. The molecule has 5 heteroatoms. The molecule has 3 aromatic rings. The number of hydrogen-bond donors (Lipinski definition) is 1. The Kier molecular flexibility index (Phi) is 7.05. The lowest BCUT2D eigenvalue weighted by Gasteiger charge is -2.41. The van der Waals surface area contributed by atoms with Crippen LogP contribution in [0.1, 0.15) is 50.1 Å². The molecule has 34 heavy (non-hydrogen) atoms. The van der Waals surface area contributed by atoms with E-state index in [-0.39, 0.29) is 11.6 Å². The van der Waals surface area contributed by atoms with Crippen LogP contribution in [0, 0.1) is 6.92 Å². The molecule has 0 aliphatic carbocycles. The van der Waals surface area contributed by atoms with E-state index in [2.05, 4.69) is 54.4 Å². The molecule has 2 unspecified atom stereocenters. The fourth-order valence-corrected chi connectivity index (χ4v) is 4.77. The van der Waals surface area contributed by atoms with Gasteiger partial charge in [-0.3, -0.25) is 4.79 Å². The average molecular weight is 459 g/mol. The third-order valence-corrected chi connectivity index (χ3v) is 6.74. The van der Waals surface area contributed by atoms with E-state index in [1.165, 1.54) is 5.56 Å². The first-order valence-electron chi connectivity index (χ1n) is 12.0. The number of nitrogens with zero attached hydrogens (tertiary/aromatic N) is 2. The van der Waals surface area contributed by atoms with Gasteiger partial charge in [-0.05, 0) is 62.1 Å². The smallest absolute Gasteiger partial charge is 0.251 e. The van der Waals surface area contributed by atoms with Gasteiger partial charge in [0.15, 0.2) is 0 Å². The molecule has 2 aromatic carbocycles. The van der Waals surface area contributed by atoms with Gasteiger partial charge < -0.3 is 19.3 Å². The predicted molar refractivity (Wildman–Crippen MR) is 136 cm³/mol. The SMILES string of the molecule is CCn1c(C)cc(-c2ccc([C@H](C)N3C=CC(CC(C)O)(c4ccccc4)OC3)cc2)cc1=O. The fraction of sp³-hybridized carbons (Fsp3) is 0.345. The maximum absolute atomic E-state index is 12.4. The van der Waals surface area contributed by atoms with Crippen LogP contribution in [0.15, 0.2) is 83.8 Å². The van der Waals surface area contributed by atoms with Crippen molar-refractivity contribution < 1.29 is 9.84 Å². The number of aryl methyl sites for hydroxylation is 1. The van der Waals surface area contributed by atoms with Crippen molar-refractivity contribution in [2.45, 2.75) is 58.4 Å². The highest BCUT2D eigenvalue weighted by Gasteiger charge is 2.35. The lowest BCUT2D eigenvalue weighted by atomic mass is 9.87. The summed E-state index contributed by atoms with van der Waals surface area (Å²) in [4.78, 5) is 14.5. The van der Waals surface area contributed by atoms with Crippen LogP contribution in [0.25, 0.3) is 11.1 Å². The molecule has 4 rings (SSSR count). The Labute approximate surface area is 201 Å². The van der Waals surface area contributed by atoms with Crippen LogP contribution in [0.5, 0.6) is 0 Å². The van der Waals surface area contributed by atoms with Gasteiger partial charge in [0.25, 0.3) is 5.56 Å². The van der Waals surface area contributed by atoms with Crippen LogP contribution in [-0.2, 0) is 16.9 Å². The Morgan fingerprint density at radius 1 is 1.03 bits per heavy atom. The van der Waals surface area contributed by atoms with E-state index in [0.717, 1.165) is 22.4 Å². The third-order valence-electron chi connectivity index (χ3n) is 6.74. The molecule has 0 fully saturated rings. The van der Waals surface area contributed by atoms with Gasteiger partial charge in [-0.2, -0.15) is 0 Å². The van der Waals surface area contributed by atoms with E-state index in [1.807, 2.05) is 44.2 Å². The highest BCUT2D eigenvalue weighted by Crippen LogP contribution is 2.37. The molecule has 0 spiro atoms. The largest absolute Gasteiger partial charge is 0.393 e. The minimum absolute atomic E-state index is 0.0321. The number of aromatic nitrogens is 1. The quantitative estimate of drug-likeness (QED) is 0.517. The van der Waals surface area contributed by atoms with Crippen molar-refractivity contribution in [1.29, 1.82) is 0 Å². The number of rotatable bonds is 7. The summed E-state index contributed by atoms with van der Waals surface area (Å²) in [6.07, 6.45) is 4.17. The van der Waals surface area contributed by atoms with Gasteiger partial charge >= 0.3 is 0 Å². The Bertz CT molecular complexity index is 1200. The van der Waals surface area contributed by atoms with Crippen molar-refractivity contribution in [3.63, 3.8) is 0 Å². The summed E-state index contributed by atoms with van der Waals surface area (Å²) in [5, 5.41) is 10.1. The molecule has 0 saturated heterocycles. The van der Waals surface area contributed by atoms with Crippen molar-refractivity contribution in [1.82, 2.24) is 9.47 Å². The lowest BCUT2D eigenvalue weighted by Crippen LogP contribution is -2.40. The second-order valence-corrected chi connectivity index (χ2v) is 9.18. The Balaban J connectivity index is 1.54. The number of aliphatic hydroxyl groups is 1. The van der Waals surface area contributed by atoms with Crippen LogP contribution in [0.4, 0.5) is 0 Å². The van der Waals surface area contributed by atoms with Gasteiger partial charge in [0, 0.05) is 30.9 Å². The van der Waals surface area contributed by atoms with Crippen LogP contribution in [-0.4, -0.2) is 27.4 Å². The van der Waals surface area contributed by atoms with Crippen molar-refractivity contribution in [2.24, 2.45) is 0 Å². The van der Waals surface area contributed by atoms with Gasteiger partial charge in [-0.15, -0.1) is 0 Å². The second-order valence-electron chi connectivity index (χ2n) is 9.18. The zero-order valence-electron chi connectivity index (χ0n) is 20.4. The molecule has 3 atom stereocenters. The van der Waals surface area contributed by atoms with E-state index < -0.39 is 11.7 Å². The predicted octanol–water partition coefficient (Wildman–Crippen LogP) is 5.37. The Hall–Kier alpha value is -3.15. The minimum atomic E-state index is -0.633. The van der Waals surface area contributed by atoms with E-state index >= 15 is 0 Å². The summed E-state index contributed by atoms with van der Waals surface area (Å²) in [5.41, 5.74) is 4.55. The summed E-state index contributed by atoms with van der Waals surface area (Å²) in [5.74, 6) is 0. The molecule has 5 nitrogen and oxygen atoms in total. The summed E-state index contributed by atoms with van der Waals surface area (Å²) in [6.45, 7) is 9.01. The summed E-state index contributed by atoms with van der Waals surface area (Å²) < 4.78 is 8.17. The Morgan fingerprint density at radius 3 is 2.29 bits per heavy atom. The first-order chi connectivity index (χ1) is 16.3. The topological polar surface area (TPSA) is 54.7 Å². The zero-order chi connectivity index (χ0) is 24.3. The first kappa shape index (κ1) is 24.0. The van der Waals surface area contributed by atoms with Crippen molar-refractivity contribution in [3.05, 3.63) is 106 Å². The summed E-state index contributed by atoms with van der Waals surface area (Å²) in [7, 11) is 0. The number of aliphatic hydroxyl groups excluding tert-OH is 1. The Morgan fingerprint density at radius 2 is 1.74 bits per heavy atom. The van der Waals surface area contributed by atoms with Gasteiger partial charge in [-0.1, -0.05) is 54.6 Å². The molecule has 2 heterocycles. The van der Waals surface area contributed by atoms with E-state index in [0.29, 0.717) is 19.7 Å². The van der Waals surface area contributed by atoms with Gasteiger partial charge in [-0.25, -0.2) is 0 Å². The second kappa shape index (κ2) is 10.00. The molecule has 0 amide bonds. The van der Waals surface area contributed by atoms with E-state index in [9.17, 15) is 9.90 Å². The third kappa shape index (κ3) is 4.86. The standard InChI is InChI=1S/C29H34N2O3/c1-5-31-21(2)17-26(18-28(31)33)25-13-11-24(12-14-25)23(4)30-16-15-29(34-20-30,19-22(3)32)27-9-7-6-8-10-27/h6-18,22-23,32H,5,19-20H2,1-4H3/t22?,23-,29?/m0/s1. The summed E-state index contributed by atoms with van der Waals surface area (Å²) in [6, 6.07) is 22.3. The van der Waals surface area contributed by atoms with Crippen LogP contribution in [0.2, 0.25) is 0 Å². The molecule has 1 aliphatic heterocycles. The van der Waals surface area contributed by atoms with Crippen LogP contribution < -0.4 is 5.56 Å². The van der Waals surface area contributed by atoms with Crippen molar-refractivity contribution >= 4 is 0 Å². The first-order valence-corrected chi connectivity index (χ1v) is 12.0. The highest BCUT2D eigenvalue weighted by atomic mass is 16.5. The molecule has 1 aromatic heterocycles. The number of pyridine rings is 1. The van der Waals surface area contributed by atoms with E-state index in [1.54, 1.807) is 17.6 Å². The van der Waals surface area contributed by atoms with Gasteiger partial charge in [0.05, 0.1) is 12.1 Å². The van der Waals surface area contributed by atoms with Crippen molar-refractivity contribution in [2.75, 3.05) is 6.73 Å². The van der Waals surface area contributed by atoms with Crippen molar-refractivity contribution in [3.8, 4) is 11.1 Å². The maximum atomic E-state index is 12.4. The normalized spacial score (nSPS) is 19.7. The van der Waals surface area contributed by atoms with Gasteiger partial charge in [0.2, 0.25) is 0 Å². The minimum Gasteiger partial charge on any atom is -0.393 e. The lowest BCUT2D eigenvalue weighted by molar-refractivity contribution is -0.1000. The number of hydrogen-bond acceptors (Lipinski definition) is 4.